The van der Waals surface area contributed by atoms with Crippen LogP contribution < -0.4 is 17.2 Å². The number of halogens is 2. The van der Waals surface area contributed by atoms with Crippen LogP contribution in [-0.4, -0.2) is 25.0 Å². The number of hydrogen-bond acceptors (Lipinski definition) is 3. The van der Waals surface area contributed by atoms with E-state index in [0.29, 0.717) is 9.26 Å². The zero-order chi connectivity index (χ0) is 14.6. The highest BCUT2D eigenvalue weighted by Crippen LogP contribution is 2.31. The van der Waals surface area contributed by atoms with Crippen molar-refractivity contribution in [2.75, 3.05) is 7.11 Å². The molecule has 1 aromatic carbocycles. The fourth-order valence-corrected chi connectivity index (χ4v) is 2.00. The Kier molecular flexibility index (Phi) is 5.36. The van der Waals surface area contributed by atoms with Gasteiger partial charge in [0.05, 0.1) is 27.0 Å². The van der Waals surface area contributed by atoms with E-state index in [1.54, 1.807) is 6.07 Å². The number of hydrogen-bond donors (Lipinski definition) is 3. The lowest BCUT2D eigenvalue weighted by molar-refractivity contribution is 0.0601. The largest absolute Gasteiger partial charge is 0.465 e. The number of aliphatic imine (C=N–C) groups is 2. The fraction of sp³-hybridized carbons (Fsp3) is 0.100. The molecular formula is C10H11ClIN5O2. The van der Waals surface area contributed by atoms with Crippen molar-refractivity contribution in [1.82, 2.24) is 0 Å². The first-order valence-corrected chi connectivity index (χ1v) is 6.32. The van der Waals surface area contributed by atoms with Gasteiger partial charge in [0.15, 0.2) is 5.96 Å². The number of rotatable bonds is 2. The number of ether oxygens (including phenoxy) is 1. The molecule has 0 aliphatic heterocycles. The predicted octanol–water partition coefficient (Wildman–Crippen LogP) is 0.951. The van der Waals surface area contributed by atoms with Gasteiger partial charge in [0.1, 0.15) is 0 Å². The number of benzene rings is 1. The maximum absolute atomic E-state index is 11.4. The van der Waals surface area contributed by atoms with Crippen molar-refractivity contribution in [3.8, 4) is 0 Å². The molecular weight excluding hydrogens is 384 g/mol. The van der Waals surface area contributed by atoms with Crippen LogP contribution in [0.15, 0.2) is 22.1 Å². The summed E-state index contributed by atoms with van der Waals surface area (Å²) in [6.07, 6.45) is 0. The van der Waals surface area contributed by atoms with E-state index in [9.17, 15) is 4.79 Å². The number of esters is 1. The Labute approximate surface area is 128 Å². The van der Waals surface area contributed by atoms with Crippen LogP contribution in [0.2, 0.25) is 5.02 Å². The van der Waals surface area contributed by atoms with Gasteiger partial charge in [0.2, 0.25) is 5.96 Å². The molecule has 102 valence electrons. The van der Waals surface area contributed by atoms with Crippen molar-refractivity contribution in [2.24, 2.45) is 27.2 Å². The van der Waals surface area contributed by atoms with Crippen molar-refractivity contribution in [1.29, 1.82) is 0 Å². The molecule has 0 heterocycles. The second-order valence-electron chi connectivity index (χ2n) is 3.26. The lowest BCUT2D eigenvalue weighted by Gasteiger charge is -2.06. The molecule has 7 nitrogen and oxygen atoms in total. The van der Waals surface area contributed by atoms with Gasteiger partial charge in [0, 0.05) is 0 Å². The van der Waals surface area contributed by atoms with Gasteiger partial charge in [-0.3, -0.25) is 0 Å². The van der Waals surface area contributed by atoms with E-state index in [1.807, 2.05) is 22.6 Å². The second-order valence-corrected chi connectivity index (χ2v) is 4.72. The zero-order valence-corrected chi connectivity index (χ0v) is 12.8. The standard InChI is InChI=1S/C10H11ClIN5O2/c1-19-8(18)4-2-3-5(7(12)6(4)11)16-10(15)17-9(13)14/h2-3H,1H3,(H6,13,14,15,16,17). The van der Waals surface area contributed by atoms with Gasteiger partial charge >= 0.3 is 5.97 Å². The van der Waals surface area contributed by atoms with Crippen LogP contribution in [0, 0.1) is 3.57 Å². The van der Waals surface area contributed by atoms with Crippen LogP contribution in [0.1, 0.15) is 10.4 Å². The number of nitrogens with zero attached hydrogens (tertiary/aromatic N) is 2. The molecule has 0 spiro atoms. The van der Waals surface area contributed by atoms with Crippen LogP contribution >= 0.6 is 34.2 Å². The molecule has 0 atom stereocenters. The van der Waals surface area contributed by atoms with Crippen molar-refractivity contribution in [3.05, 3.63) is 26.3 Å². The summed E-state index contributed by atoms with van der Waals surface area (Å²) in [5.41, 5.74) is 16.6. The minimum absolute atomic E-state index is 0.111. The average Bonchev–Trinajstić information content (AvgIpc) is 2.33. The highest BCUT2D eigenvalue weighted by atomic mass is 127. The highest BCUT2D eigenvalue weighted by molar-refractivity contribution is 14.1. The molecule has 19 heavy (non-hydrogen) atoms. The summed E-state index contributed by atoms with van der Waals surface area (Å²) in [5.74, 6) is -0.844. The third-order valence-corrected chi connectivity index (χ3v) is 3.75. The first-order valence-electron chi connectivity index (χ1n) is 4.87. The van der Waals surface area contributed by atoms with Crippen LogP contribution in [0.3, 0.4) is 0 Å². The van der Waals surface area contributed by atoms with E-state index in [4.69, 9.17) is 28.8 Å². The predicted molar refractivity (Wildman–Crippen MR) is 82.6 cm³/mol. The SMILES string of the molecule is COC(=O)c1ccc(N=C(N)N=C(N)N)c(I)c1Cl. The molecule has 0 saturated carbocycles. The Morgan fingerprint density at radius 2 is 2.00 bits per heavy atom. The summed E-state index contributed by atoms with van der Waals surface area (Å²) in [4.78, 5) is 19.0. The maximum Gasteiger partial charge on any atom is 0.339 e. The Morgan fingerprint density at radius 3 is 2.53 bits per heavy atom. The van der Waals surface area contributed by atoms with Crippen LogP contribution in [0.4, 0.5) is 5.69 Å². The Bertz CT molecular complexity index is 569. The molecule has 0 saturated heterocycles. The van der Waals surface area contributed by atoms with E-state index in [-0.39, 0.29) is 22.5 Å². The van der Waals surface area contributed by atoms with Crippen LogP contribution in [-0.2, 0) is 4.74 Å². The van der Waals surface area contributed by atoms with Crippen molar-refractivity contribution < 1.29 is 9.53 Å². The van der Waals surface area contributed by atoms with E-state index in [2.05, 4.69) is 14.7 Å². The molecule has 0 amide bonds. The molecule has 6 N–H and O–H groups in total. The monoisotopic (exact) mass is 395 g/mol. The van der Waals surface area contributed by atoms with Gasteiger partial charge < -0.3 is 21.9 Å². The van der Waals surface area contributed by atoms with Gasteiger partial charge in [-0.15, -0.1) is 0 Å². The Morgan fingerprint density at radius 1 is 1.37 bits per heavy atom. The first-order chi connectivity index (χ1) is 8.86. The van der Waals surface area contributed by atoms with Crippen molar-refractivity contribution in [2.45, 2.75) is 0 Å². The van der Waals surface area contributed by atoms with Gasteiger partial charge in [0.25, 0.3) is 0 Å². The second kappa shape index (κ2) is 6.57. The molecule has 0 bridgehead atoms. The van der Waals surface area contributed by atoms with E-state index in [0.717, 1.165) is 0 Å². The van der Waals surface area contributed by atoms with Gasteiger partial charge in [-0.25, -0.2) is 9.79 Å². The van der Waals surface area contributed by atoms with E-state index >= 15 is 0 Å². The quantitative estimate of drug-likeness (QED) is 0.297. The molecule has 1 rings (SSSR count). The lowest BCUT2D eigenvalue weighted by atomic mass is 10.2. The molecule has 9 heteroatoms. The van der Waals surface area contributed by atoms with E-state index < -0.39 is 5.97 Å². The van der Waals surface area contributed by atoms with Crippen molar-refractivity contribution in [3.63, 3.8) is 0 Å². The first kappa shape index (κ1) is 15.5. The lowest BCUT2D eigenvalue weighted by Crippen LogP contribution is -2.26. The molecule has 0 aliphatic rings. The molecule has 0 radical (unpaired) electrons. The van der Waals surface area contributed by atoms with Crippen LogP contribution in [0.5, 0.6) is 0 Å². The average molecular weight is 396 g/mol. The van der Waals surface area contributed by atoms with Crippen LogP contribution in [0.25, 0.3) is 0 Å². The third kappa shape index (κ3) is 3.96. The van der Waals surface area contributed by atoms with Gasteiger partial charge in [-0.05, 0) is 34.7 Å². The van der Waals surface area contributed by atoms with Gasteiger partial charge in [-0.2, -0.15) is 4.99 Å². The summed E-state index contributed by atoms with van der Waals surface area (Å²) in [7, 11) is 1.27. The number of methoxy groups -OCH3 is 1. The van der Waals surface area contributed by atoms with E-state index in [1.165, 1.54) is 13.2 Å². The summed E-state index contributed by atoms with van der Waals surface area (Å²) in [6, 6.07) is 3.05. The number of carbonyl (C=O) groups is 1. The summed E-state index contributed by atoms with van der Waals surface area (Å²) in [6.45, 7) is 0. The summed E-state index contributed by atoms with van der Waals surface area (Å²) < 4.78 is 5.14. The third-order valence-electron chi connectivity index (χ3n) is 1.95. The maximum atomic E-state index is 11.4. The molecule has 0 fully saturated rings. The van der Waals surface area contributed by atoms with Gasteiger partial charge in [-0.1, -0.05) is 11.6 Å². The normalized spacial score (nSPS) is 11.0. The summed E-state index contributed by atoms with van der Waals surface area (Å²) in [5, 5.41) is 0.228. The fourth-order valence-electron chi connectivity index (χ4n) is 1.17. The number of carbonyl (C=O) groups excluding carboxylic acids is 1. The number of guanidine groups is 2. The topological polar surface area (TPSA) is 129 Å². The number of nitrogens with two attached hydrogens (primary N) is 3. The minimum Gasteiger partial charge on any atom is -0.465 e. The highest BCUT2D eigenvalue weighted by Gasteiger charge is 2.15. The minimum atomic E-state index is -0.532. The molecule has 0 aromatic heterocycles. The smallest absolute Gasteiger partial charge is 0.339 e. The zero-order valence-electron chi connectivity index (χ0n) is 9.85. The Hall–Kier alpha value is -1.55. The molecule has 1 aromatic rings. The Balaban J connectivity index is 3.24. The van der Waals surface area contributed by atoms with Crippen molar-refractivity contribution >= 4 is 57.8 Å². The molecule has 0 aliphatic carbocycles. The molecule has 0 unspecified atom stereocenters. The summed E-state index contributed by atoms with van der Waals surface area (Å²) >= 11 is 7.99.